The third kappa shape index (κ3) is 4.29. The first-order valence-electron chi connectivity index (χ1n) is 7.10. The molecule has 0 heterocycles. The maximum atomic E-state index is 13.7. The van der Waals surface area contributed by atoms with Gasteiger partial charge < -0.3 is 10.1 Å². The van der Waals surface area contributed by atoms with Crippen LogP contribution in [0, 0.1) is 5.82 Å². The highest BCUT2D eigenvalue weighted by atomic mass is 79.9. The van der Waals surface area contributed by atoms with E-state index in [0.717, 1.165) is 16.8 Å². The monoisotopic (exact) mass is 349 g/mol. The molecule has 0 atom stereocenters. The zero-order valence-electron chi connectivity index (χ0n) is 11.6. The first-order valence-corrected chi connectivity index (χ1v) is 7.89. The van der Waals surface area contributed by atoms with Crippen molar-refractivity contribution in [1.29, 1.82) is 0 Å². The summed E-state index contributed by atoms with van der Waals surface area (Å²) in [5, 5.41) is 3.47. The van der Waals surface area contributed by atoms with Crippen LogP contribution in [0.1, 0.15) is 24.0 Å². The Bertz CT molecular complexity index is 611. The summed E-state index contributed by atoms with van der Waals surface area (Å²) in [6.07, 6.45) is 2.58. The van der Waals surface area contributed by atoms with Crippen LogP contribution in [0.4, 0.5) is 4.39 Å². The average molecular weight is 350 g/mol. The van der Waals surface area contributed by atoms with Crippen LogP contribution in [0.25, 0.3) is 0 Å². The van der Waals surface area contributed by atoms with E-state index in [1.165, 1.54) is 24.5 Å². The minimum absolute atomic E-state index is 0.235. The van der Waals surface area contributed by atoms with E-state index in [2.05, 4.69) is 21.2 Å². The van der Waals surface area contributed by atoms with Crippen LogP contribution in [-0.2, 0) is 13.2 Å². The molecule has 4 heteroatoms. The Labute approximate surface area is 132 Å². The van der Waals surface area contributed by atoms with Crippen molar-refractivity contribution in [1.82, 2.24) is 5.32 Å². The predicted molar refractivity (Wildman–Crippen MR) is 84.7 cm³/mol. The van der Waals surface area contributed by atoms with Gasteiger partial charge in [-0.25, -0.2) is 4.39 Å². The van der Waals surface area contributed by atoms with Crippen LogP contribution in [0.15, 0.2) is 46.9 Å². The number of nitrogens with one attached hydrogen (secondary N) is 1. The number of ether oxygens (including phenoxy) is 1. The van der Waals surface area contributed by atoms with E-state index in [1.807, 2.05) is 30.3 Å². The third-order valence-electron chi connectivity index (χ3n) is 3.51. The first kappa shape index (κ1) is 14.5. The van der Waals surface area contributed by atoms with Crippen molar-refractivity contribution in [2.75, 3.05) is 0 Å². The number of benzene rings is 2. The molecule has 0 aliphatic heterocycles. The number of hydrogen-bond acceptors (Lipinski definition) is 2. The smallest absolute Gasteiger partial charge is 0.130 e. The number of rotatable bonds is 6. The molecule has 110 valence electrons. The predicted octanol–water partition coefficient (Wildman–Crippen LogP) is 4.42. The van der Waals surface area contributed by atoms with Gasteiger partial charge in [-0.3, -0.25) is 0 Å². The highest BCUT2D eigenvalue weighted by molar-refractivity contribution is 9.10. The number of halogens is 2. The SMILES string of the molecule is Fc1cc(Br)ccc1COc1ccc(CNC2CC2)cc1. The molecule has 0 amide bonds. The van der Waals surface area contributed by atoms with E-state index in [-0.39, 0.29) is 12.4 Å². The lowest BCUT2D eigenvalue weighted by molar-refractivity contribution is 0.299. The molecule has 3 rings (SSSR count). The normalized spacial score (nSPS) is 14.2. The van der Waals surface area contributed by atoms with Gasteiger partial charge in [0.2, 0.25) is 0 Å². The summed E-state index contributed by atoms with van der Waals surface area (Å²) < 4.78 is 20.0. The van der Waals surface area contributed by atoms with Gasteiger partial charge in [0, 0.05) is 22.6 Å². The van der Waals surface area contributed by atoms with Crippen LogP contribution in [0.2, 0.25) is 0 Å². The summed E-state index contributed by atoms with van der Waals surface area (Å²) in [6, 6.07) is 13.7. The van der Waals surface area contributed by atoms with E-state index in [9.17, 15) is 4.39 Å². The van der Waals surface area contributed by atoms with E-state index in [1.54, 1.807) is 6.07 Å². The fraction of sp³-hybridized carbons (Fsp3) is 0.294. The van der Waals surface area contributed by atoms with Gasteiger partial charge in [0.15, 0.2) is 0 Å². The van der Waals surface area contributed by atoms with Crippen molar-refractivity contribution in [2.24, 2.45) is 0 Å². The summed E-state index contributed by atoms with van der Waals surface area (Å²) in [7, 11) is 0. The van der Waals surface area contributed by atoms with Gasteiger partial charge >= 0.3 is 0 Å². The van der Waals surface area contributed by atoms with Gasteiger partial charge in [0.25, 0.3) is 0 Å². The summed E-state index contributed by atoms with van der Waals surface area (Å²) >= 11 is 3.24. The van der Waals surface area contributed by atoms with Crippen molar-refractivity contribution >= 4 is 15.9 Å². The first-order chi connectivity index (χ1) is 10.2. The maximum absolute atomic E-state index is 13.7. The van der Waals surface area contributed by atoms with Crippen LogP contribution >= 0.6 is 15.9 Å². The van der Waals surface area contributed by atoms with Crippen LogP contribution in [0.3, 0.4) is 0 Å². The van der Waals surface area contributed by atoms with E-state index in [0.29, 0.717) is 11.6 Å². The van der Waals surface area contributed by atoms with Crippen molar-refractivity contribution in [2.45, 2.75) is 32.0 Å². The lowest BCUT2D eigenvalue weighted by atomic mass is 10.2. The molecule has 2 aromatic carbocycles. The Balaban J connectivity index is 1.54. The minimum atomic E-state index is -0.255. The van der Waals surface area contributed by atoms with Gasteiger partial charge in [0.1, 0.15) is 18.2 Å². The maximum Gasteiger partial charge on any atom is 0.130 e. The molecule has 0 aromatic heterocycles. The Morgan fingerprint density at radius 2 is 1.90 bits per heavy atom. The molecule has 0 saturated heterocycles. The van der Waals surface area contributed by atoms with Gasteiger partial charge in [-0.2, -0.15) is 0 Å². The average Bonchev–Trinajstić information content (AvgIpc) is 3.30. The molecule has 0 spiro atoms. The minimum Gasteiger partial charge on any atom is -0.489 e. The third-order valence-corrected chi connectivity index (χ3v) is 4.00. The molecular weight excluding hydrogens is 333 g/mol. The van der Waals surface area contributed by atoms with E-state index < -0.39 is 0 Å². The van der Waals surface area contributed by atoms with Crippen LogP contribution in [-0.4, -0.2) is 6.04 Å². The van der Waals surface area contributed by atoms with E-state index in [4.69, 9.17) is 4.74 Å². The molecule has 21 heavy (non-hydrogen) atoms. The standard InChI is InChI=1S/C17H17BrFNO/c18-14-4-3-13(17(19)9-14)11-21-16-7-1-12(2-8-16)10-20-15-5-6-15/h1-4,7-9,15,20H,5-6,10-11H2. The summed E-state index contributed by atoms with van der Waals surface area (Å²) in [5.74, 6) is 0.502. The van der Waals surface area contributed by atoms with Gasteiger partial charge in [0.05, 0.1) is 0 Å². The summed E-state index contributed by atoms with van der Waals surface area (Å²) in [6.45, 7) is 1.13. The second-order valence-electron chi connectivity index (χ2n) is 5.32. The van der Waals surface area contributed by atoms with Gasteiger partial charge in [-0.1, -0.05) is 34.1 Å². The molecule has 0 radical (unpaired) electrons. The fourth-order valence-corrected chi connectivity index (χ4v) is 2.39. The lowest BCUT2D eigenvalue weighted by Gasteiger charge is -2.09. The van der Waals surface area contributed by atoms with Crippen molar-refractivity contribution in [3.63, 3.8) is 0 Å². The highest BCUT2D eigenvalue weighted by Crippen LogP contribution is 2.21. The highest BCUT2D eigenvalue weighted by Gasteiger charge is 2.19. The Morgan fingerprint density at radius 3 is 2.57 bits per heavy atom. The van der Waals surface area contributed by atoms with Crippen molar-refractivity contribution in [3.8, 4) is 5.75 Å². The molecular formula is C17H17BrFNO. The molecule has 1 N–H and O–H groups in total. The zero-order chi connectivity index (χ0) is 14.7. The van der Waals surface area contributed by atoms with Gasteiger partial charge in [-0.05, 0) is 42.7 Å². The molecule has 1 aliphatic rings. The Morgan fingerprint density at radius 1 is 1.14 bits per heavy atom. The molecule has 1 saturated carbocycles. The van der Waals surface area contributed by atoms with Crippen molar-refractivity contribution < 1.29 is 9.13 Å². The Kier molecular flexibility index (Phi) is 4.56. The summed E-state index contributed by atoms with van der Waals surface area (Å²) in [4.78, 5) is 0. The second-order valence-corrected chi connectivity index (χ2v) is 6.24. The molecule has 0 bridgehead atoms. The largest absolute Gasteiger partial charge is 0.489 e. The van der Waals surface area contributed by atoms with Crippen molar-refractivity contribution in [3.05, 3.63) is 63.9 Å². The lowest BCUT2D eigenvalue weighted by Crippen LogP contribution is -2.15. The molecule has 2 nitrogen and oxygen atoms in total. The van der Waals surface area contributed by atoms with E-state index >= 15 is 0 Å². The fourth-order valence-electron chi connectivity index (χ4n) is 2.05. The Hall–Kier alpha value is -1.39. The van der Waals surface area contributed by atoms with Crippen LogP contribution in [0.5, 0.6) is 5.75 Å². The topological polar surface area (TPSA) is 21.3 Å². The molecule has 1 aliphatic carbocycles. The quantitative estimate of drug-likeness (QED) is 0.833. The van der Waals surface area contributed by atoms with Crippen LogP contribution < -0.4 is 10.1 Å². The molecule has 2 aromatic rings. The van der Waals surface area contributed by atoms with Gasteiger partial charge in [-0.15, -0.1) is 0 Å². The zero-order valence-corrected chi connectivity index (χ0v) is 13.2. The molecule has 0 unspecified atom stereocenters. The number of hydrogen-bond donors (Lipinski definition) is 1. The summed E-state index contributed by atoms with van der Waals surface area (Å²) in [5.41, 5.74) is 1.79. The molecule has 1 fully saturated rings. The second kappa shape index (κ2) is 6.58.